The Morgan fingerprint density at radius 1 is 1.00 bits per heavy atom. The van der Waals surface area contributed by atoms with E-state index in [2.05, 4.69) is 30.3 Å². The van der Waals surface area contributed by atoms with Gasteiger partial charge in [0.1, 0.15) is 5.82 Å². The summed E-state index contributed by atoms with van der Waals surface area (Å²) in [6.45, 7) is 1.79. The molecule has 1 aliphatic heterocycles. The van der Waals surface area contributed by atoms with Gasteiger partial charge >= 0.3 is 0 Å². The van der Waals surface area contributed by atoms with E-state index in [0.29, 0.717) is 22.8 Å². The second-order valence-electron chi connectivity index (χ2n) is 8.95. The van der Waals surface area contributed by atoms with Gasteiger partial charge in [-0.1, -0.05) is 30.3 Å². The number of benzene rings is 2. The van der Waals surface area contributed by atoms with Crippen molar-refractivity contribution in [1.29, 1.82) is 0 Å². The number of ether oxygens (including phenoxy) is 1. The van der Waals surface area contributed by atoms with Crippen molar-refractivity contribution in [2.24, 2.45) is 0 Å². The standard InChI is InChI=1S/C27H26F2N6O3S/c28-21-15-24(22(29)14-20(21)25(35-39(36)37)17-6-2-1-3-7-17)38-26-19(9-5-12-31-26)23-10-13-32-27(34-23)33-18-8-4-11-30-16-18/h1-3,5-7,9-10,12-15,18,25,30,39H,4,8,11,16H2,(H,32,33,34)(H,35,36,37)/t18-,25-/m0/s1. The van der Waals surface area contributed by atoms with Crippen molar-refractivity contribution in [3.8, 4) is 22.9 Å². The van der Waals surface area contributed by atoms with E-state index in [9.17, 15) is 8.42 Å². The number of piperidine rings is 1. The zero-order valence-corrected chi connectivity index (χ0v) is 21.6. The Labute approximate surface area is 225 Å². The monoisotopic (exact) mass is 552 g/mol. The van der Waals surface area contributed by atoms with Crippen LogP contribution in [0.15, 0.2) is 73.1 Å². The van der Waals surface area contributed by atoms with Gasteiger partial charge in [0, 0.05) is 36.6 Å². The smallest absolute Gasteiger partial charge is 0.228 e. The molecule has 0 amide bonds. The predicted molar refractivity (Wildman–Crippen MR) is 143 cm³/mol. The Morgan fingerprint density at radius 3 is 2.62 bits per heavy atom. The number of thiol groups is 1. The van der Waals surface area contributed by atoms with Crippen LogP contribution in [0.5, 0.6) is 11.6 Å². The van der Waals surface area contributed by atoms with Crippen molar-refractivity contribution in [3.05, 3.63) is 95.8 Å². The van der Waals surface area contributed by atoms with Crippen molar-refractivity contribution >= 4 is 16.8 Å². The van der Waals surface area contributed by atoms with Gasteiger partial charge in [0.15, 0.2) is 11.6 Å². The number of rotatable bonds is 9. The summed E-state index contributed by atoms with van der Waals surface area (Å²) in [7, 11) is -3.10. The summed E-state index contributed by atoms with van der Waals surface area (Å²) in [4.78, 5) is 13.1. The van der Waals surface area contributed by atoms with Crippen LogP contribution in [0, 0.1) is 11.6 Å². The molecule has 9 nitrogen and oxygen atoms in total. The summed E-state index contributed by atoms with van der Waals surface area (Å²) in [5.41, 5.74) is 1.22. The van der Waals surface area contributed by atoms with Gasteiger partial charge in [-0.3, -0.25) is 0 Å². The number of halogens is 2. The minimum absolute atomic E-state index is 0.0212. The number of aromatic nitrogens is 3. The van der Waals surface area contributed by atoms with Gasteiger partial charge in [-0.05, 0) is 49.2 Å². The lowest BCUT2D eigenvalue weighted by Crippen LogP contribution is -2.38. The first-order valence-corrected chi connectivity index (χ1v) is 13.5. The van der Waals surface area contributed by atoms with E-state index < -0.39 is 34.3 Å². The molecule has 3 heterocycles. The molecule has 4 aromatic rings. The van der Waals surface area contributed by atoms with Crippen LogP contribution in [0.1, 0.15) is 30.0 Å². The van der Waals surface area contributed by atoms with Crippen LogP contribution in [-0.2, 0) is 10.9 Å². The molecular weight excluding hydrogens is 526 g/mol. The Hall–Kier alpha value is -4.00. The Morgan fingerprint density at radius 2 is 1.85 bits per heavy atom. The molecule has 202 valence electrons. The Bertz CT molecular complexity index is 1510. The zero-order valence-electron chi connectivity index (χ0n) is 20.7. The molecule has 2 aromatic carbocycles. The van der Waals surface area contributed by atoms with Crippen molar-refractivity contribution in [1.82, 2.24) is 25.0 Å². The molecule has 0 unspecified atom stereocenters. The highest BCUT2D eigenvalue weighted by atomic mass is 32.2. The van der Waals surface area contributed by atoms with Gasteiger partial charge in [-0.25, -0.2) is 36.9 Å². The minimum atomic E-state index is -3.10. The van der Waals surface area contributed by atoms with Crippen molar-refractivity contribution in [2.45, 2.75) is 24.9 Å². The molecule has 1 aliphatic rings. The van der Waals surface area contributed by atoms with Crippen molar-refractivity contribution < 1.29 is 21.9 Å². The molecule has 39 heavy (non-hydrogen) atoms. The maximum absolute atomic E-state index is 15.3. The third-order valence-corrected chi connectivity index (χ3v) is 6.74. The van der Waals surface area contributed by atoms with E-state index in [-0.39, 0.29) is 17.5 Å². The minimum Gasteiger partial charge on any atom is -0.435 e. The molecule has 5 rings (SSSR count). The van der Waals surface area contributed by atoms with Crippen LogP contribution in [-0.4, -0.2) is 42.5 Å². The van der Waals surface area contributed by atoms with E-state index >= 15 is 8.78 Å². The average Bonchev–Trinajstić information content (AvgIpc) is 2.95. The second-order valence-corrected chi connectivity index (χ2v) is 9.72. The van der Waals surface area contributed by atoms with Gasteiger partial charge in [0.25, 0.3) is 0 Å². The van der Waals surface area contributed by atoms with E-state index in [1.165, 1.54) is 6.20 Å². The first kappa shape index (κ1) is 26.6. The topological polar surface area (TPSA) is 118 Å². The quantitative estimate of drug-likeness (QED) is 0.231. The zero-order chi connectivity index (χ0) is 27.2. The van der Waals surface area contributed by atoms with Crippen LogP contribution in [0.4, 0.5) is 14.7 Å². The molecule has 3 N–H and O–H groups in total. The maximum Gasteiger partial charge on any atom is 0.228 e. The number of nitrogens with zero attached hydrogens (tertiary/aromatic N) is 3. The maximum atomic E-state index is 15.3. The summed E-state index contributed by atoms with van der Waals surface area (Å²) in [5, 5.41) is 6.64. The van der Waals surface area contributed by atoms with E-state index in [1.807, 2.05) is 0 Å². The summed E-state index contributed by atoms with van der Waals surface area (Å²) < 4.78 is 61.4. The lowest BCUT2D eigenvalue weighted by Gasteiger charge is -2.23. The average molecular weight is 553 g/mol. The number of nitrogens with one attached hydrogen (secondary N) is 3. The molecule has 0 saturated carbocycles. The van der Waals surface area contributed by atoms with E-state index in [0.717, 1.165) is 38.1 Å². The fourth-order valence-corrected chi connectivity index (χ4v) is 4.92. The highest BCUT2D eigenvalue weighted by Crippen LogP contribution is 2.35. The molecular formula is C27H26F2N6O3S. The van der Waals surface area contributed by atoms with Crippen molar-refractivity contribution in [3.63, 3.8) is 0 Å². The van der Waals surface area contributed by atoms with E-state index in [1.54, 1.807) is 54.7 Å². The van der Waals surface area contributed by atoms with Crippen LogP contribution >= 0.6 is 0 Å². The lowest BCUT2D eigenvalue weighted by atomic mass is 9.99. The Balaban J connectivity index is 1.43. The summed E-state index contributed by atoms with van der Waals surface area (Å²) >= 11 is 0. The third-order valence-electron chi connectivity index (χ3n) is 6.27. The summed E-state index contributed by atoms with van der Waals surface area (Å²) in [5.74, 6) is -1.68. The third kappa shape index (κ3) is 6.53. The van der Waals surface area contributed by atoms with Gasteiger partial charge in [0.05, 0.1) is 17.3 Å². The van der Waals surface area contributed by atoms with Gasteiger partial charge in [0.2, 0.25) is 22.7 Å². The molecule has 2 atom stereocenters. The normalized spacial score (nSPS) is 16.1. The van der Waals surface area contributed by atoms with Crippen LogP contribution < -0.4 is 20.1 Å². The molecule has 0 radical (unpaired) electrons. The molecule has 2 aromatic heterocycles. The molecule has 12 heteroatoms. The Kier molecular flexibility index (Phi) is 8.35. The lowest BCUT2D eigenvalue weighted by molar-refractivity contribution is 0.421. The predicted octanol–water partition coefficient (Wildman–Crippen LogP) is 3.98. The number of hydrogen-bond acceptors (Lipinski definition) is 8. The summed E-state index contributed by atoms with van der Waals surface area (Å²) in [6.07, 6.45) is 5.12. The largest absolute Gasteiger partial charge is 0.435 e. The van der Waals surface area contributed by atoms with Crippen LogP contribution in [0.2, 0.25) is 0 Å². The fraction of sp³-hybridized carbons (Fsp3) is 0.222. The molecule has 0 bridgehead atoms. The SMILES string of the molecule is O=[SH](=O)N[C@@H](c1ccccc1)c1cc(F)c(Oc2ncccc2-c2ccnc(N[C@H]3CCCNC3)n2)cc1F. The van der Waals surface area contributed by atoms with Crippen LogP contribution in [0.3, 0.4) is 0 Å². The summed E-state index contributed by atoms with van der Waals surface area (Å²) in [6, 6.07) is 14.3. The van der Waals surface area contributed by atoms with Crippen LogP contribution in [0.25, 0.3) is 11.3 Å². The molecule has 0 spiro atoms. The first-order chi connectivity index (χ1) is 19.0. The fourth-order valence-electron chi connectivity index (χ4n) is 4.43. The van der Waals surface area contributed by atoms with E-state index in [4.69, 9.17) is 4.74 Å². The molecule has 1 saturated heterocycles. The second kappa shape index (κ2) is 12.2. The first-order valence-electron chi connectivity index (χ1n) is 12.4. The van der Waals surface area contributed by atoms with Crippen molar-refractivity contribution in [2.75, 3.05) is 18.4 Å². The highest BCUT2D eigenvalue weighted by molar-refractivity contribution is 7.70. The van der Waals surface area contributed by atoms with Gasteiger partial charge < -0.3 is 15.4 Å². The number of hydrogen-bond donors (Lipinski definition) is 4. The van der Waals surface area contributed by atoms with Gasteiger partial charge in [-0.2, -0.15) is 0 Å². The number of pyridine rings is 1. The molecule has 0 aliphatic carbocycles. The number of anilines is 1. The highest BCUT2D eigenvalue weighted by Gasteiger charge is 2.23. The molecule has 1 fully saturated rings. The van der Waals surface area contributed by atoms with Gasteiger partial charge in [-0.15, -0.1) is 0 Å².